The van der Waals surface area contributed by atoms with Gasteiger partial charge in [0.2, 0.25) is 5.88 Å². The van der Waals surface area contributed by atoms with Crippen molar-refractivity contribution in [2.24, 2.45) is 22.5 Å². The number of ether oxygens (including phenoxy) is 2. The molecule has 1 saturated carbocycles. The second kappa shape index (κ2) is 22.1. The van der Waals surface area contributed by atoms with Crippen LogP contribution in [0.15, 0.2) is 61.2 Å². The fourth-order valence-electron chi connectivity index (χ4n) is 12.4. The number of halogens is 1. The van der Waals surface area contributed by atoms with Crippen molar-refractivity contribution in [3.05, 3.63) is 88.6 Å². The van der Waals surface area contributed by atoms with Gasteiger partial charge in [0.25, 0.3) is 5.91 Å². The molecule has 3 saturated heterocycles. The summed E-state index contributed by atoms with van der Waals surface area (Å²) in [4.78, 5) is 42.4. The number of fused-ring (bicyclic) bond motifs is 1. The van der Waals surface area contributed by atoms with E-state index in [4.69, 9.17) is 41.9 Å². The predicted molar refractivity (Wildman–Crippen MR) is 280 cm³/mol. The van der Waals surface area contributed by atoms with Gasteiger partial charge in [-0.1, -0.05) is 52.3 Å². The lowest BCUT2D eigenvalue weighted by molar-refractivity contribution is -0.158. The molecule has 0 spiro atoms. The number of piperidine rings is 2. The normalized spacial score (nSPS) is 21.6. The number of hydrogen-bond donors (Lipinski definition) is 2. The van der Waals surface area contributed by atoms with Gasteiger partial charge in [0.1, 0.15) is 41.1 Å². The fourth-order valence-corrected chi connectivity index (χ4v) is 12.6. The Balaban J connectivity index is 0.847. The highest BCUT2D eigenvalue weighted by Crippen LogP contribution is 2.59. The zero-order valence-corrected chi connectivity index (χ0v) is 43.5. The largest absolute Gasteiger partial charge is 0.489 e. The molecule has 5 aromatic rings. The van der Waals surface area contributed by atoms with Crippen molar-refractivity contribution in [1.82, 2.24) is 39.3 Å². The van der Waals surface area contributed by atoms with E-state index in [1.165, 1.54) is 6.20 Å². The number of nitrogens with zero attached hydrogens (tertiary/aromatic N) is 12. The first-order valence-corrected chi connectivity index (χ1v) is 26.4. The van der Waals surface area contributed by atoms with Crippen molar-refractivity contribution in [1.29, 1.82) is 5.26 Å². The third-order valence-electron chi connectivity index (χ3n) is 15.8. The molecule has 72 heavy (non-hydrogen) atoms. The van der Waals surface area contributed by atoms with Crippen molar-refractivity contribution in [2.45, 2.75) is 111 Å². The Hall–Kier alpha value is -5.80. The van der Waals surface area contributed by atoms with Crippen molar-refractivity contribution >= 4 is 40.6 Å². The molecular weight excluding hydrogens is 930 g/mol. The molecule has 0 unspecified atom stereocenters. The summed E-state index contributed by atoms with van der Waals surface area (Å²) in [6.45, 7) is 21.6. The van der Waals surface area contributed by atoms with Crippen LogP contribution in [0.5, 0.6) is 11.6 Å². The molecule has 9 rings (SSSR count). The van der Waals surface area contributed by atoms with Gasteiger partial charge in [0.05, 0.1) is 35.8 Å². The Labute approximate surface area is 429 Å². The van der Waals surface area contributed by atoms with Crippen molar-refractivity contribution in [3.8, 4) is 17.7 Å². The van der Waals surface area contributed by atoms with Crippen LogP contribution in [0.3, 0.4) is 0 Å². The lowest BCUT2D eigenvalue weighted by Gasteiger charge is -2.66. The third-order valence-corrected chi connectivity index (χ3v) is 16.1. The summed E-state index contributed by atoms with van der Waals surface area (Å²) in [5.74, 6) is 4.00. The third kappa shape index (κ3) is 10.9. The molecule has 17 nitrogen and oxygen atoms in total. The van der Waals surface area contributed by atoms with Gasteiger partial charge in [0.15, 0.2) is 5.65 Å². The van der Waals surface area contributed by atoms with Gasteiger partial charge in [0, 0.05) is 125 Å². The van der Waals surface area contributed by atoms with Crippen LogP contribution in [0.4, 0.5) is 17.5 Å². The summed E-state index contributed by atoms with van der Waals surface area (Å²) in [5.41, 5.74) is 8.17. The van der Waals surface area contributed by atoms with Gasteiger partial charge in [-0.3, -0.25) is 4.79 Å². The van der Waals surface area contributed by atoms with E-state index < -0.39 is 5.91 Å². The highest BCUT2D eigenvalue weighted by Gasteiger charge is 2.66. The van der Waals surface area contributed by atoms with E-state index in [0.717, 1.165) is 138 Å². The van der Waals surface area contributed by atoms with Gasteiger partial charge in [-0.25, -0.2) is 19.9 Å². The number of nitrogens with two attached hydrogens (primary N) is 1. The van der Waals surface area contributed by atoms with Crippen LogP contribution in [0.2, 0.25) is 5.02 Å². The molecule has 3 aliphatic heterocycles. The number of aliphatic hydroxyl groups is 1. The number of primary amides is 1. The Morgan fingerprint density at radius 3 is 2.36 bits per heavy atom. The highest BCUT2D eigenvalue weighted by molar-refractivity contribution is 6.31. The number of rotatable bonds is 19. The standard InChI is InChI=1S/C54H72ClN13O4/c1-6-39-32-61-68-48(29-45(62-50(39)68)66-19-8-7-10-41(66)17-26-69)67(51-53(2,3)52(54(51,4)5)72-42-13-12-40(30-56)43(55)28-42)36-38-11-14-47(60-31-38)71-27-9-18-63-22-24-64(25-23-63)35-37-15-20-65(21-16-37)46-34-58-44(33-59-46)49(57)70/h11-14,28-29,31-34,37,41,51-52,69H,6-10,15-27,35-36H2,1-5H3,(H2,57,70)/t41-,51?,52?/m1/s1. The van der Waals surface area contributed by atoms with Crippen LogP contribution in [0, 0.1) is 28.1 Å². The number of aliphatic hydroxyl groups excluding tert-OH is 1. The van der Waals surface area contributed by atoms with E-state index in [1.54, 1.807) is 18.3 Å². The van der Waals surface area contributed by atoms with E-state index in [9.17, 15) is 15.2 Å². The Morgan fingerprint density at radius 1 is 0.917 bits per heavy atom. The molecule has 1 amide bonds. The number of anilines is 3. The number of aromatic nitrogens is 6. The molecule has 1 aromatic carbocycles. The number of benzene rings is 1. The van der Waals surface area contributed by atoms with Gasteiger partial charge >= 0.3 is 0 Å². The summed E-state index contributed by atoms with van der Waals surface area (Å²) >= 11 is 6.50. The number of piperazine rings is 1. The molecular formula is C54H72ClN13O4. The first-order chi connectivity index (χ1) is 34.8. The summed E-state index contributed by atoms with van der Waals surface area (Å²) in [7, 11) is 0. The summed E-state index contributed by atoms with van der Waals surface area (Å²) in [6, 6.07) is 13.9. The van der Waals surface area contributed by atoms with Crippen LogP contribution in [-0.2, 0) is 13.0 Å². The number of amides is 1. The molecule has 1 atom stereocenters. The van der Waals surface area contributed by atoms with Crippen LogP contribution < -0.4 is 29.9 Å². The highest BCUT2D eigenvalue weighted by atomic mass is 35.5. The average Bonchev–Trinajstić information content (AvgIpc) is 3.81. The molecule has 4 aliphatic rings. The summed E-state index contributed by atoms with van der Waals surface area (Å²) in [5, 5.41) is 25.0. The molecule has 0 radical (unpaired) electrons. The molecule has 0 bridgehead atoms. The minimum absolute atomic E-state index is 0.0282. The maximum absolute atomic E-state index is 11.4. The second-order valence-electron chi connectivity index (χ2n) is 21.4. The van der Waals surface area contributed by atoms with Gasteiger partial charge in [-0.15, -0.1) is 0 Å². The zero-order valence-electron chi connectivity index (χ0n) is 42.7. The van der Waals surface area contributed by atoms with Gasteiger partial charge in [-0.2, -0.15) is 14.9 Å². The Kier molecular flexibility index (Phi) is 15.7. The van der Waals surface area contributed by atoms with E-state index >= 15 is 0 Å². The number of carbonyl (C=O) groups excluding carboxylic acids is 1. The minimum atomic E-state index is -0.559. The first kappa shape index (κ1) is 51.1. The van der Waals surface area contributed by atoms with E-state index in [2.05, 4.69) is 87.3 Å². The van der Waals surface area contributed by atoms with E-state index in [-0.39, 0.29) is 41.3 Å². The minimum Gasteiger partial charge on any atom is -0.489 e. The maximum atomic E-state index is 11.4. The fraction of sp³-hybridized carbons (Fsp3) is 0.574. The number of nitriles is 1. The number of hydrogen-bond acceptors (Lipinski definition) is 15. The Morgan fingerprint density at radius 2 is 1.69 bits per heavy atom. The molecule has 4 fully saturated rings. The maximum Gasteiger partial charge on any atom is 0.268 e. The van der Waals surface area contributed by atoms with Crippen LogP contribution in [-0.4, -0.2) is 141 Å². The van der Waals surface area contributed by atoms with Crippen LogP contribution in [0.25, 0.3) is 5.65 Å². The molecule has 18 heteroatoms. The smallest absolute Gasteiger partial charge is 0.268 e. The molecule has 1 aliphatic carbocycles. The summed E-state index contributed by atoms with van der Waals surface area (Å²) < 4.78 is 15.1. The lowest BCUT2D eigenvalue weighted by Crippen LogP contribution is -2.75. The van der Waals surface area contributed by atoms with Gasteiger partial charge < -0.3 is 44.8 Å². The number of aryl methyl sites for hydroxylation is 1. The zero-order chi connectivity index (χ0) is 50.6. The van der Waals surface area contributed by atoms with Gasteiger partial charge in [-0.05, 0) is 75.0 Å². The molecule has 3 N–H and O–H groups in total. The van der Waals surface area contributed by atoms with E-state index in [0.29, 0.717) is 47.7 Å². The Bertz CT molecular complexity index is 2660. The number of carbonyl (C=O) groups is 1. The quantitative estimate of drug-likeness (QED) is 0.0801. The average molecular weight is 1000 g/mol. The van der Waals surface area contributed by atoms with Crippen molar-refractivity contribution in [2.75, 3.05) is 86.8 Å². The first-order valence-electron chi connectivity index (χ1n) is 26.0. The van der Waals surface area contributed by atoms with Crippen molar-refractivity contribution < 1.29 is 19.4 Å². The monoisotopic (exact) mass is 1000 g/mol. The molecule has 4 aromatic heterocycles. The van der Waals surface area contributed by atoms with Crippen LogP contribution >= 0.6 is 11.6 Å². The lowest BCUT2D eigenvalue weighted by atomic mass is 9.48. The second-order valence-corrected chi connectivity index (χ2v) is 21.8. The SMILES string of the molecule is CCc1cnn2c(N(Cc3ccc(OCCCN4CCN(CC5CCN(c6cnc(C(N)=O)cn6)CC5)CC4)nc3)C3C(C)(C)C(Oc4ccc(C#N)c(Cl)c4)C3(C)C)cc(N3CCCC[C@@H]3CCO)nc12. The number of pyridine rings is 1. The van der Waals surface area contributed by atoms with E-state index in [1.807, 2.05) is 29.0 Å². The molecule has 384 valence electrons. The molecule has 7 heterocycles. The predicted octanol–water partition coefficient (Wildman–Crippen LogP) is 7.03. The summed E-state index contributed by atoms with van der Waals surface area (Å²) in [6.07, 6.45) is 14.7. The van der Waals surface area contributed by atoms with Crippen molar-refractivity contribution in [3.63, 3.8) is 0 Å². The topological polar surface area (TPSA) is 191 Å². The van der Waals surface area contributed by atoms with Crippen LogP contribution in [0.1, 0.15) is 107 Å².